The Hall–Kier alpha value is -1.86. The van der Waals surface area contributed by atoms with Crippen molar-refractivity contribution in [3.8, 4) is 0 Å². The zero-order valence-corrected chi connectivity index (χ0v) is 15.4. The third-order valence-corrected chi connectivity index (χ3v) is 5.31. The van der Waals surface area contributed by atoms with Crippen molar-refractivity contribution >= 4 is 43.2 Å². The second-order valence-electron chi connectivity index (χ2n) is 5.17. The topological polar surface area (TPSA) is 66.5 Å². The number of benzene rings is 2. The number of amides is 1. The van der Waals surface area contributed by atoms with E-state index in [2.05, 4.69) is 21.2 Å². The van der Waals surface area contributed by atoms with Gasteiger partial charge < -0.3 is 5.32 Å². The van der Waals surface area contributed by atoms with E-state index >= 15 is 0 Å². The standard InChI is InChI=1S/C16H17BrN2O3S/c1-11-8-9-12(10-15(11)19(2)23(3,21)22)16(20)18-14-7-5-4-6-13(14)17/h4-10H,1-3H3,(H,18,20). The summed E-state index contributed by atoms with van der Waals surface area (Å²) in [5.74, 6) is -0.306. The number of aryl methyl sites for hydroxylation is 1. The van der Waals surface area contributed by atoms with Crippen LogP contribution in [0.3, 0.4) is 0 Å². The fourth-order valence-corrected chi connectivity index (χ4v) is 2.96. The van der Waals surface area contributed by atoms with Crippen molar-refractivity contribution in [2.24, 2.45) is 0 Å². The first-order chi connectivity index (χ1) is 10.7. The van der Waals surface area contributed by atoms with Crippen molar-refractivity contribution in [1.82, 2.24) is 0 Å². The van der Waals surface area contributed by atoms with Crippen molar-refractivity contribution in [2.75, 3.05) is 22.9 Å². The second-order valence-corrected chi connectivity index (χ2v) is 8.03. The molecule has 0 spiro atoms. The van der Waals surface area contributed by atoms with Gasteiger partial charge in [-0.25, -0.2) is 8.42 Å². The van der Waals surface area contributed by atoms with Crippen LogP contribution in [0.15, 0.2) is 46.9 Å². The molecule has 0 aliphatic rings. The molecule has 0 unspecified atom stereocenters. The summed E-state index contributed by atoms with van der Waals surface area (Å²) in [5.41, 5.74) is 2.29. The zero-order valence-electron chi connectivity index (χ0n) is 13.0. The number of nitrogens with one attached hydrogen (secondary N) is 1. The maximum Gasteiger partial charge on any atom is 0.255 e. The molecule has 2 rings (SSSR count). The average Bonchev–Trinajstić information content (AvgIpc) is 2.48. The molecular formula is C16H17BrN2O3S. The minimum absolute atomic E-state index is 0.306. The fraction of sp³-hybridized carbons (Fsp3) is 0.188. The van der Waals surface area contributed by atoms with Gasteiger partial charge in [-0.3, -0.25) is 9.10 Å². The van der Waals surface area contributed by atoms with Crippen molar-refractivity contribution in [3.63, 3.8) is 0 Å². The van der Waals surface area contributed by atoms with Gasteiger partial charge in [0.25, 0.3) is 5.91 Å². The van der Waals surface area contributed by atoms with Crippen LogP contribution in [0.5, 0.6) is 0 Å². The number of halogens is 1. The van der Waals surface area contributed by atoms with E-state index in [0.717, 1.165) is 20.6 Å². The monoisotopic (exact) mass is 396 g/mol. The Morgan fingerprint density at radius 1 is 1.17 bits per heavy atom. The number of nitrogens with zero attached hydrogens (tertiary/aromatic N) is 1. The summed E-state index contributed by atoms with van der Waals surface area (Å²) in [6.07, 6.45) is 1.13. The van der Waals surface area contributed by atoms with Gasteiger partial charge in [0, 0.05) is 17.1 Å². The van der Waals surface area contributed by atoms with Crippen molar-refractivity contribution < 1.29 is 13.2 Å². The van der Waals surface area contributed by atoms with Gasteiger partial charge in [-0.05, 0) is 52.7 Å². The number of hydrogen-bond donors (Lipinski definition) is 1. The summed E-state index contributed by atoms with van der Waals surface area (Å²) >= 11 is 3.37. The molecule has 7 heteroatoms. The van der Waals surface area contributed by atoms with E-state index in [1.165, 1.54) is 7.05 Å². The molecule has 0 bridgehead atoms. The van der Waals surface area contributed by atoms with Crippen LogP contribution in [-0.4, -0.2) is 27.6 Å². The molecule has 2 aromatic rings. The predicted molar refractivity (Wildman–Crippen MR) is 96.5 cm³/mol. The summed E-state index contributed by atoms with van der Waals surface area (Å²) in [5, 5.41) is 2.80. The lowest BCUT2D eigenvalue weighted by molar-refractivity contribution is 0.102. The number of carbonyl (C=O) groups is 1. The van der Waals surface area contributed by atoms with E-state index in [4.69, 9.17) is 0 Å². The molecular weight excluding hydrogens is 380 g/mol. The van der Waals surface area contributed by atoms with E-state index < -0.39 is 10.0 Å². The highest BCUT2D eigenvalue weighted by Gasteiger charge is 2.17. The number of sulfonamides is 1. The lowest BCUT2D eigenvalue weighted by Crippen LogP contribution is -2.26. The third kappa shape index (κ3) is 4.11. The minimum atomic E-state index is -3.39. The van der Waals surface area contributed by atoms with Gasteiger partial charge >= 0.3 is 0 Å². The molecule has 2 aromatic carbocycles. The van der Waals surface area contributed by atoms with E-state index in [1.807, 2.05) is 18.2 Å². The first kappa shape index (κ1) is 17.5. The van der Waals surface area contributed by atoms with Crippen molar-refractivity contribution in [3.05, 3.63) is 58.1 Å². The van der Waals surface area contributed by atoms with E-state index in [1.54, 1.807) is 31.2 Å². The first-order valence-electron chi connectivity index (χ1n) is 6.80. The molecule has 0 saturated carbocycles. The van der Waals surface area contributed by atoms with Gasteiger partial charge in [-0.2, -0.15) is 0 Å². The van der Waals surface area contributed by atoms with Crippen LogP contribution in [0.4, 0.5) is 11.4 Å². The summed E-state index contributed by atoms with van der Waals surface area (Å²) in [4.78, 5) is 12.4. The normalized spacial score (nSPS) is 11.1. The van der Waals surface area contributed by atoms with Crippen LogP contribution in [-0.2, 0) is 10.0 Å². The van der Waals surface area contributed by atoms with Gasteiger partial charge in [0.2, 0.25) is 10.0 Å². The Labute approximate surface area is 144 Å². The maximum atomic E-state index is 12.4. The Morgan fingerprint density at radius 3 is 2.43 bits per heavy atom. The van der Waals surface area contributed by atoms with E-state index in [9.17, 15) is 13.2 Å². The van der Waals surface area contributed by atoms with Crippen LogP contribution in [0.2, 0.25) is 0 Å². The van der Waals surface area contributed by atoms with Gasteiger partial charge in [0.1, 0.15) is 0 Å². The fourth-order valence-electron chi connectivity index (χ4n) is 2.03. The average molecular weight is 397 g/mol. The predicted octanol–water partition coefficient (Wildman–Crippen LogP) is 3.41. The summed E-state index contributed by atoms with van der Waals surface area (Å²) in [6.45, 7) is 1.80. The quantitative estimate of drug-likeness (QED) is 0.860. The number of para-hydroxylation sites is 1. The Balaban J connectivity index is 2.34. The van der Waals surface area contributed by atoms with Gasteiger partial charge in [0.15, 0.2) is 0 Å². The Bertz CT molecular complexity index is 850. The molecule has 0 aliphatic heterocycles. The third-order valence-electron chi connectivity index (χ3n) is 3.43. The van der Waals surface area contributed by atoms with Crippen LogP contribution in [0.25, 0.3) is 0 Å². The molecule has 0 aromatic heterocycles. The molecule has 122 valence electrons. The van der Waals surface area contributed by atoms with Crippen LogP contribution >= 0.6 is 15.9 Å². The highest BCUT2D eigenvalue weighted by Crippen LogP contribution is 2.25. The maximum absolute atomic E-state index is 12.4. The molecule has 0 fully saturated rings. The van der Waals surface area contributed by atoms with Crippen LogP contribution in [0.1, 0.15) is 15.9 Å². The smallest absolute Gasteiger partial charge is 0.255 e. The Morgan fingerprint density at radius 2 is 1.83 bits per heavy atom. The van der Waals surface area contributed by atoms with E-state index in [-0.39, 0.29) is 5.91 Å². The summed E-state index contributed by atoms with van der Waals surface area (Å²) < 4.78 is 25.4. The lowest BCUT2D eigenvalue weighted by Gasteiger charge is -2.19. The number of rotatable bonds is 4. The molecule has 0 aliphatic carbocycles. The highest BCUT2D eigenvalue weighted by molar-refractivity contribution is 9.10. The SMILES string of the molecule is Cc1ccc(C(=O)Nc2ccccc2Br)cc1N(C)S(C)(=O)=O. The van der Waals surface area contributed by atoms with Crippen LogP contribution < -0.4 is 9.62 Å². The van der Waals surface area contributed by atoms with Gasteiger partial charge in [-0.15, -0.1) is 0 Å². The van der Waals surface area contributed by atoms with Crippen molar-refractivity contribution in [2.45, 2.75) is 6.92 Å². The molecule has 23 heavy (non-hydrogen) atoms. The number of carbonyl (C=O) groups excluding carboxylic acids is 1. The largest absolute Gasteiger partial charge is 0.321 e. The highest BCUT2D eigenvalue weighted by atomic mass is 79.9. The molecule has 0 atom stereocenters. The molecule has 0 saturated heterocycles. The van der Waals surface area contributed by atoms with E-state index in [0.29, 0.717) is 16.9 Å². The van der Waals surface area contributed by atoms with Gasteiger partial charge in [0.05, 0.1) is 17.6 Å². The summed E-state index contributed by atoms with van der Waals surface area (Å²) in [6, 6.07) is 12.2. The van der Waals surface area contributed by atoms with Crippen LogP contribution in [0, 0.1) is 6.92 Å². The first-order valence-corrected chi connectivity index (χ1v) is 9.44. The molecule has 1 amide bonds. The number of anilines is 2. The lowest BCUT2D eigenvalue weighted by atomic mass is 10.1. The molecule has 0 radical (unpaired) electrons. The Kier molecular flexibility index (Phi) is 5.11. The zero-order chi connectivity index (χ0) is 17.2. The second kappa shape index (κ2) is 6.72. The molecule has 0 heterocycles. The van der Waals surface area contributed by atoms with Crippen molar-refractivity contribution in [1.29, 1.82) is 0 Å². The summed E-state index contributed by atoms with van der Waals surface area (Å²) in [7, 11) is -1.93. The minimum Gasteiger partial charge on any atom is -0.321 e. The van der Waals surface area contributed by atoms with Gasteiger partial charge in [-0.1, -0.05) is 18.2 Å². The molecule has 1 N–H and O–H groups in total. The number of hydrogen-bond acceptors (Lipinski definition) is 3. The molecule has 5 nitrogen and oxygen atoms in total.